The van der Waals surface area contributed by atoms with Gasteiger partial charge in [-0.1, -0.05) is 43.2 Å². The zero-order valence-corrected chi connectivity index (χ0v) is 12.4. The van der Waals surface area contributed by atoms with Gasteiger partial charge in [0.2, 0.25) is 0 Å². The van der Waals surface area contributed by atoms with Crippen LogP contribution in [-0.2, 0) is 16.1 Å². The maximum atomic E-state index is 12.1. The summed E-state index contributed by atoms with van der Waals surface area (Å²) in [5.41, 5.74) is -0.340. The lowest BCUT2D eigenvalue weighted by atomic mass is 9.93. The van der Waals surface area contributed by atoms with E-state index in [1.54, 1.807) is 6.92 Å². The smallest absolute Gasteiger partial charge is 0.410 e. The van der Waals surface area contributed by atoms with Crippen molar-refractivity contribution in [3.63, 3.8) is 0 Å². The molecular formula is C16H21NO4. The lowest BCUT2D eigenvalue weighted by Gasteiger charge is -2.34. The quantitative estimate of drug-likeness (QED) is 0.875. The maximum Gasteiger partial charge on any atom is 0.410 e. The van der Waals surface area contributed by atoms with E-state index in [9.17, 15) is 14.7 Å². The first-order valence-electron chi connectivity index (χ1n) is 7.11. The summed E-state index contributed by atoms with van der Waals surface area (Å²) in [6.07, 6.45) is 1.94. The molecule has 5 heteroatoms. The molecule has 1 aliphatic carbocycles. The Bertz CT molecular complexity index is 512. The number of amides is 1. The van der Waals surface area contributed by atoms with Crippen molar-refractivity contribution in [1.29, 1.82) is 0 Å². The zero-order valence-electron chi connectivity index (χ0n) is 12.4. The Morgan fingerprint density at radius 2 is 1.95 bits per heavy atom. The van der Waals surface area contributed by atoms with E-state index in [2.05, 4.69) is 0 Å². The highest BCUT2D eigenvalue weighted by Crippen LogP contribution is 2.38. The molecule has 0 heterocycles. The van der Waals surface area contributed by atoms with Gasteiger partial charge in [0.25, 0.3) is 0 Å². The van der Waals surface area contributed by atoms with Gasteiger partial charge in [-0.3, -0.25) is 4.90 Å². The van der Waals surface area contributed by atoms with Crippen molar-refractivity contribution in [2.75, 3.05) is 7.05 Å². The number of carboxylic acid groups (broad SMARTS) is 1. The number of carboxylic acids is 1. The molecule has 1 aliphatic rings. The van der Waals surface area contributed by atoms with Crippen LogP contribution in [0.25, 0.3) is 0 Å². The normalized spacial score (nSPS) is 16.9. The molecule has 1 saturated carbocycles. The average molecular weight is 291 g/mol. The summed E-state index contributed by atoms with van der Waals surface area (Å²) in [6, 6.07) is 9.32. The Labute approximate surface area is 124 Å². The summed E-state index contributed by atoms with van der Waals surface area (Å²) >= 11 is 0. The molecule has 0 aromatic heterocycles. The first-order valence-corrected chi connectivity index (χ1v) is 7.11. The Hall–Kier alpha value is -2.04. The van der Waals surface area contributed by atoms with Crippen molar-refractivity contribution in [2.45, 2.75) is 38.3 Å². The molecule has 1 unspecified atom stereocenters. The molecule has 1 amide bonds. The highest BCUT2D eigenvalue weighted by Gasteiger charge is 2.45. The molecule has 0 saturated heterocycles. The number of ether oxygens (including phenoxy) is 1. The lowest BCUT2D eigenvalue weighted by molar-refractivity contribution is -0.149. The number of hydrogen-bond acceptors (Lipinski definition) is 3. The molecule has 1 atom stereocenters. The molecule has 1 fully saturated rings. The summed E-state index contributed by atoms with van der Waals surface area (Å²) < 4.78 is 5.21. The topological polar surface area (TPSA) is 66.8 Å². The van der Waals surface area contributed by atoms with E-state index in [0.717, 1.165) is 18.4 Å². The third-order valence-electron chi connectivity index (χ3n) is 4.06. The minimum Gasteiger partial charge on any atom is -0.480 e. The molecular weight excluding hydrogens is 270 g/mol. The first kappa shape index (κ1) is 15.4. The summed E-state index contributed by atoms with van der Waals surface area (Å²) in [4.78, 5) is 24.9. The fraction of sp³-hybridized carbons (Fsp3) is 0.500. The van der Waals surface area contributed by atoms with Gasteiger partial charge in [0.15, 0.2) is 0 Å². The van der Waals surface area contributed by atoms with Crippen LogP contribution >= 0.6 is 0 Å². The van der Waals surface area contributed by atoms with Crippen molar-refractivity contribution in [1.82, 2.24) is 4.90 Å². The van der Waals surface area contributed by atoms with Crippen LogP contribution in [0.5, 0.6) is 0 Å². The highest BCUT2D eigenvalue weighted by molar-refractivity contribution is 5.83. The van der Waals surface area contributed by atoms with Crippen molar-refractivity contribution in [3.05, 3.63) is 35.9 Å². The van der Waals surface area contributed by atoms with Gasteiger partial charge in [-0.15, -0.1) is 0 Å². The van der Waals surface area contributed by atoms with Crippen LogP contribution in [0, 0.1) is 5.92 Å². The predicted octanol–water partition coefficient (Wildman–Crippen LogP) is 2.90. The number of rotatable bonds is 6. The Morgan fingerprint density at radius 1 is 1.33 bits per heavy atom. The van der Waals surface area contributed by atoms with Gasteiger partial charge < -0.3 is 9.84 Å². The fourth-order valence-electron chi connectivity index (χ4n) is 2.27. The summed E-state index contributed by atoms with van der Waals surface area (Å²) in [5, 5.41) is 9.46. The number of aliphatic carboxylic acids is 1. The van der Waals surface area contributed by atoms with Gasteiger partial charge in [-0.05, 0) is 24.8 Å². The molecule has 21 heavy (non-hydrogen) atoms. The van der Waals surface area contributed by atoms with Crippen LogP contribution in [0.15, 0.2) is 30.3 Å². The van der Waals surface area contributed by atoms with E-state index in [1.807, 2.05) is 30.3 Å². The van der Waals surface area contributed by atoms with E-state index in [4.69, 9.17) is 4.74 Å². The largest absolute Gasteiger partial charge is 0.480 e. The van der Waals surface area contributed by atoms with E-state index in [1.165, 1.54) is 11.9 Å². The first-order chi connectivity index (χ1) is 9.93. The summed E-state index contributed by atoms with van der Waals surface area (Å²) in [6.45, 7) is 1.72. The monoisotopic (exact) mass is 291 g/mol. The zero-order chi connectivity index (χ0) is 15.5. The second-order valence-electron chi connectivity index (χ2n) is 5.83. The number of likely N-dealkylation sites (N-methyl/N-ethyl adjacent to an activating group) is 1. The summed E-state index contributed by atoms with van der Waals surface area (Å²) in [7, 11) is 1.49. The van der Waals surface area contributed by atoms with Gasteiger partial charge >= 0.3 is 12.1 Å². The average Bonchev–Trinajstić information content (AvgIpc) is 3.28. The van der Waals surface area contributed by atoms with Crippen LogP contribution in [0.2, 0.25) is 0 Å². The standard InChI is InChI=1S/C16H21NO4/c1-16(14(18)19,10-12-8-9-12)17(2)15(20)21-11-13-6-4-3-5-7-13/h3-7,12H,8-11H2,1-2H3,(H,18,19). The van der Waals surface area contributed by atoms with E-state index >= 15 is 0 Å². The third-order valence-corrected chi connectivity index (χ3v) is 4.06. The number of carbonyl (C=O) groups excluding carboxylic acids is 1. The second kappa shape index (κ2) is 6.16. The number of nitrogens with zero attached hydrogens (tertiary/aromatic N) is 1. The second-order valence-corrected chi connectivity index (χ2v) is 5.83. The van der Waals surface area contributed by atoms with Crippen LogP contribution in [0.4, 0.5) is 4.79 Å². The lowest BCUT2D eigenvalue weighted by Crippen LogP contribution is -2.53. The third kappa shape index (κ3) is 3.74. The fourth-order valence-corrected chi connectivity index (χ4v) is 2.27. The number of carbonyl (C=O) groups is 2. The van der Waals surface area contributed by atoms with E-state index in [0.29, 0.717) is 12.3 Å². The predicted molar refractivity (Wildman–Crippen MR) is 77.8 cm³/mol. The van der Waals surface area contributed by atoms with Crippen molar-refractivity contribution < 1.29 is 19.4 Å². The van der Waals surface area contributed by atoms with Crippen molar-refractivity contribution >= 4 is 12.1 Å². The Balaban J connectivity index is 1.97. The van der Waals surface area contributed by atoms with Crippen molar-refractivity contribution in [3.8, 4) is 0 Å². The van der Waals surface area contributed by atoms with Crippen LogP contribution in [0.3, 0.4) is 0 Å². The van der Waals surface area contributed by atoms with E-state index < -0.39 is 17.6 Å². The van der Waals surface area contributed by atoms with Crippen LogP contribution in [0.1, 0.15) is 31.7 Å². The molecule has 5 nitrogen and oxygen atoms in total. The molecule has 1 aromatic carbocycles. The molecule has 0 bridgehead atoms. The van der Waals surface area contributed by atoms with Crippen molar-refractivity contribution in [2.24, 2.45) is 5.92 Å². The van der Waals surface area contributed by atoms with Crippen LogP contribution in [-0.4, -0.2) is 34.7 Å². The molecule has 0 radical (unpaired) electrons. The highest BCUT2D eigenvalue weighted by atomic mass is 16.6. The number of benzene rings is 1. The molecule has 1 N–H and O–H groups in total. The maximum absolute atomic E-state index is 12.1. The minimum atomic E-state index is -1.21. The molecule has 1 aromatic rings. The Morgan fingerprint density at radius 3 is 2.48 bits per heavy atom. The van der Waals surface area contributed by atoms with Crippen LogP contribution < -0.4 is 0 Å². The SMILES string of the molecule is CN(C(=O)OCc1ccccc1)C(C)(CC1CC1)C(=O)O. The number of hydrogen-bond donors (Lipinski definition) is 1. The van der Waals surface area contributed by atoms with Gasteiger partial charge in [0.05, 0.1) is 0 Å². The molecule has 114 valence electrons. The van der Waals surface area contributed by atoms with E-state index in [-0.39, 0.29) is 6.61 Å². The Kier molecular flexibility index (Phi) is 4.50. The molecule has 0 spiro atoms. The van der Waals surface area contributed by atoms with Gasteiger partial charge in [0.1, 0.15) is 12.1 Å². The minimum absolute atomic E-state index is 0.142. The summed E-state index contributed by atoms with van der Waals surface area (Å²) in [5.74, 6) is -0.593. The van der Waals surface area contributed by atoms with Gasteiger partial charge in [-0.2, -0.15) is 0 Å². The van der Waals surface area contributed by atoms with Gasteiger partial charge in [-0.25, -0.2) is 9.59 Å². The van der Waals surface area contributed by atoms with Gasteiger partial charge in [0, 0.05) is 7.05 Å². The molecule has 2 rings (SSSR count). The molecule has 0 aliphatic heterocycles.